The van der Waals surface area contributed by atoms with E-state index in [2.05, 4.69) is 38.9 Å². The molecule has 3 aliphatic rings. The third kappa shape index (κ3) is 6.57. The van der Waals surface area contributed by atoms with Crippen molar-refractivity contribution in [3.05, 3.63) is 65.9 Å². The van der Waals surface area contributed by atoms with Gasteiger partial charge in [0.05, 0.1) is 12.1 Å². The van der Waals surface area contributed by atoms with Crippen LogP contribution in [0.25, 0.3) is 10.9 Å². The van der Waals surface area contributed by atoms with Gasteiger partial charge in [-0.1, -0.05) is 25.3 Å². The van der Waals surface area contributed by atoms with E-state index < -0.39 is 6.04 Å². The number of halogens is 1. The van der Waals surface area contributed by atoms with E-state index in [1.54, 1.807) is 19.2 Å². The smallest absolute Gasteiger partial charge is 0.237 e. The molecule has 2 unspecified atom stereocenters. The number of likely N-dealkylation sites (N-methyl/N-ethyl adjacent to an activating group) is 1. The molecule has 3 saturated carbocycles. The molecule has 0 radical (unpaired) electrons. The van der Waals surface area contributed by atoms with Crippen LogP contribution < -0.4 is 10.6 Å². The number of nitrogens with one attached hydrogen (secondary N) is 3. The summed E-state index contributed by atoms with van der Waals surface area (Å²) in [6, 6.07) is 10.5. The van der Waals surface area contributed by atoms with Crippen LogP contribution in [0.5, 0.6) is 0 Å². The number of Topliss-reactive ketones (excluding diaryl/α,β-unsaturated/α-hetero) is 1. The van der Waals surface area contributed by atoms with Gasteiger partial charge in [0.2, 0.25) is 5.91 Å². The van der Waals surface area contributed by atoms with Gasteiger partial charge < -0.3 is 15.6 Å². The SMILES string of the molecule is CN[C@@H](C)C(=O)N[C@H](C(=O)C1CC[C@H]2CC(Cc3ccccn3)C[C@H](c3c[nH]c4cc(F)ccc34)[C@H]2C1)C1CCCCC1. The number of benzene rings is 1. The van der Waals surface area contributed by atoms with Gasteiger partial charge in [-0.3, -0.25) is 14.6 Å². The van der Waals surface area contributed by atoms with Crippen LogP contribution in [0.1, 0.15) is 88.3 Å². The number of aromatic amines is 1. The molecule has 7 atom stereocenters. The summed E-state index contributed by atoms with van der Waals surface area (Å²) in [4.78, 5) is 35.4. The highest BCUT2D eigenvalue weighted by molar-refractivity contribution is 5.92. The van der Waals surface area contributed by atoms with Crippen LogP contribution >= 0.6 is 0 Å². The summed E-state index contributed by atoms with van der Waals surface area (Å²) in [6.45, 7) is 1.85. The highest BCUT2D eigenvalue weighted by Gasteiger charge is 2.46. The number of ketones is 1. The fraction of sp³-hybridized carbons (Fsp3) is 0.583. The molecule has 1 aromatic carbocycles. The molecule has 2 aromatic heterocycles. The average molecular weight is 587 g/mol. The number of H-pyrrole nitrogens is 1. The first-order chi connectivity index (χ1) is 20.9. The largest absolute Gasteiger partial charge is 0.361 e. The molecule has 3 fully saturated rings. The second-order valence-corrected chi connectivity index (χ2v) is 13.6. The van der Waals surface area contributed by atoms with Crippen LogP contribution in [0.3, 0.4) is 0 Å². The van der Waals surface area contributed by atoms with Gasteiger partial charge in [-0.05, 0) is 131 Å². The number of aromatic nitrogens is 2. The average Bonchev–Trinajstić information content (AvgIpc) is 3.46. The van der Waals surface area contributed by atoms with Gasteiger partial charge in [0.25, 0.3) is 0 Å². The van der Waals surface area contributed by atoms with Crippen molar-refractivity contribution < 1.29 is 14.0 Å². The number of amides is 1. The lowest BCUT2D eigenvalue weighted by Crippen LogP contribution is -2.54. The van der Waals surface area contributed by atoms with Crippen molar-refractivity contribution in [3.8, 4) is 0 Å². The van der Waals surface area contributed by atoms with E-state index in [0.29, 0.717) is 17.8 Å². The maximum Gasteiger partial charge on any atom is 0.237 e. The Hall–Kier alpha value is -3.06. The monoisotopic (exact) mass is 586 g/mol. The van der Waals surface area contributed by atoms with Crippen molar-refractivity contribution in [3.63, 3.8) is 0 Å². The van der Waals surface area contributed by atoms with Gasteiger partial charge in [-0.15, -0.1) is 0 Å². The lowest BCUT2D eigenvalue weighted by Gasteiger charge is -2.47. The first kappa shape index (κ1) is 30.0. The second kappa shape index (κ2) is 13.3. The van der Waals surface area contributed by atoms with Crippen molar-refractivity contribution in [1.29, 1.82) is 0 Å². The summed E-state index contributed by atoms with van der Waals surface area (Å²) in [5.74, 6) is 1.82. The predicted octanol–water partition coefficient (Wildman–Crippen LogP) is 6.71. The Balaban J connectivity index is 1.27. The van der Waals surface area contributed by atoms with Crippen molar-refractivity contribution >= 4 is 22.6 Å². The highest BCUT2D eigenvalue weighted by Crippen LogP contribution is 2.53. The van der Waals surface area contributed by atoms with E-state index in [4.69, 9.17) is 0 Å². The Morgan fingerprint density at radius 2 is 1.88 bits per heavy atom. The molecule has 7 heteroatoms. The molecule has 6 nitrogen and oxygen atoms in total. The van der Waals surface area contributed by atoms with Crippen LogP contribution in [0.15, 0.2) is 48.8 Å². The Labute approximate surface area is 255 Å². The summed E-state index contributed by atoms with van der Waals surface area (Å²) < 4.78 is 14.1. The molecule has 6 rings (SSSR count). The molecule has 0 spiro atoms. The van der Waals surface area contributed by atoms with E-state index in [-0.39, 0.29) is 41.3 Å². The number of fused-ring (bicyclic) bond motifs is 2. The summed E-state index contributed by atoms with van der Waals surface area (Å²) in [7, 11) is 1.78. The molecule has 3 aliphatic carbocycles. The summed E-state index contributed by atoms with van der Waals surface area (Å²) in [5.41, 5.74) is 3.22. The fourth-order valence-corrected chi connectivity index (χ4v) is 8.69. The van der Waals surface area contributed by atoms with Crippen molar-refractivity contribution in [1.82, 2.24) is 20.6 Å². The normalized spacial score (nSPS) is 27.7. The minimum Gasteiger partial charge on any atom is -0.361 e. The van der Waals surface area contributed by atoms with Gasteiger partial charge in [-0.2, -0.15) is 0 Å². The second-order valence-electron chi connectivity index (χ2n) is 13.6. The van der Waals surface area contributed by atoms with Crippen molar-refractivity contribution in [2.75, 3.05) is 7.05 Å². The number of hydrogen-bond donors (Lipinski definition) is 3. The third-order valence-corrected chi connectivity index (χ3v) is 11.0. The van der Waals surface area contributed by atoms with Crippen molar-refractivity contribution in [2.24, 2.45) is 29.6 Å². The quantitative estimate of drug-likeness (QED) is 0.260. The Morgan fingerprint density at radius 3 is 2.65 bits per heavy atom. The van der Waals surface area contributed by atoms with Gasteiger partial charge in [-0.25, -0.2) is 4.39 Å². The van der Waals surface area contributed by atoms with E-state index in [0.717, 1.165) is 80.8 Å². The Morgan fingerprint density at radius 1 is 1.05 bits per heavy atom. The number of nitrogens with zero attached hydrogens (tertiary/aromatic N) is 1. The van der Waals surface area contributed by atoms with E-state index >= 15 is 0 Å². The molecule has 3 N–H and O–H groups in total. The van der Waals surface area contributed by atoms with Crippen LogP contribution in [0, 0.1) is 35.4 Å². The molecule has 43 heavy (non-hydrogen) atoms. The molecule has 2 heterocycles. The number of carbonyl (C=O) groups is 2. The van der Waals surface area contributed by atoms with Gasteiger partial charge in [0, 0.05) is 34.9 Å². The number of rotatable bonds is 9. The zero-order chi connectivity index (χ0) is 29.9. The summed E-state index contributed by atoms with van der Waals surface area (Å²) >= 11 is 0. The molecule has 3 aromatic rings. The van der Waals surface area contributed by atoms with E-state index in [1.165, 1.54) is 12.0 Å². The first-order valence-electron chi connectivity index (χ1n) is 16.6. The zero-order valence-corrected chi connectivity index (χ0v) is 25.7. The summed E-state index contributed by atoms with van der Waals surface area (Å²) in [5, 5.41) is 7.33. The number of pyridine rings is 1. The van der Waals surface area contributed by atoms with Crippen LogP contribution in [-0.4, -0.2) is 40.8 Å². The molecule has 0 saturated heterocycles. The minimum absolute atomic E-state index is 0.0455. The predicted molar refractivity (Wildman–Crippen MR) is 168 cm³/mol. The first-order valence-corrected chi connectivity index (χ1v) is 16.6. The van der Waals surface area contributed by atoms with E-state index in [1.807, 2.05) is 25.3 Å². The lowest BCUT2D eigenvalue weighted by molar-refractivity contribution is -0.134. The molecular formula is C36H47FN4O2. The van der Waals surface area contributed by atoms with Gasteiger partial charge >= 0.3 is 0 Å². The van der Waals surface area contributed by atoms with Crippen molar-refractivity contribution in [2.45, 2.75) is 95.6 Å². The molecule has 0 aliphatic heterocycles. The highest BCUT2D eigenvalue weighted by atomic mass is 19.1. The zero-order valence-electron chi connectivity index (χ0n) is 25.7. The summed E-state index contributed by atoms with van der Waals surface area (Å²) in [6.07, 6.45) is 15.4. The molecule has 230 valence electrons. The molecule has 0 bridgehead atoms. The van der Waals surface area contributed by atoms with E-state index in [9.17, 15) is 14.0 Å². The fourth-order valence-electron chi connectivity index (χ4n) is 8.69. The molecular weight excluding hydrogens is 539 g/mol. The van der Waals surface area contributed by atoms with Crippen LogP contribution in [0.4, 0.5) is 4.39 Å². The Kier molecular flexibility index (Phi) is 9.27. The minimum atomic E-state index is -0.403. The molecule has 1 amide bonds. The van der Waals surface area contributed by atoms with Gasteiger partial charge in [0.15, 0.2) is 5.78 Å². The van der Waals surface area contributed by atoms with Crippen LogP contribution in [-0.2, 0) is 16.0 Å². The third-order valence-electron chi connectivity index (χ3n) is 11.0. The number of carbonyl (C=O) groups excluding carboxylic acids is 2. The maximum absolute atomic E-state index is 14.4. The number of hydrogen-bond acceptors (Lipinski definition) is 4. The maximum atomic E-state index is 14.4. The topological polar surface area (TPSA) is 86.9 Å². The Bertz CT molecular complexity index is 1400. The van der Waals surface area contributed by atoms with Crippen LogP contribution in [0.2, 0.25) is 0 Å². The lowest BCUT2D eigenvalue weighted by atomic mass is 9.57. The standard InChI is InChI=1S/C36H47FN4O2/c1-22(38-2)36(43)41-34(24-8-4-3-5-9-24)35(42)26-12-11-25-16-23(17-28-10-6-7-15-39-28)18-31(30(25)19-26)32-21-40-33-20-27(37)13-14-29(32)33/h6-7,10,13-15,20-26,30-31,34,38,40H,3-5,8-9,11-12,16-19H2,1-2H3,(H,41,43)/t22-,23?,25-,26?,30-,31-,34-/m0/s1. The van der Waals surface area contributed by atoms with Gasteiger partial charge in [0.1, 0.15) is 5.82 Å².